The number of nitrogens with one attached hydrogen (secondary N) is 2. The van der Waals surface area contributed by atoms with Gasteiger partial charge in [-0.3, -0.25) is 4.79 Å². The number of rotatable bonds is 1. The van der Waals surface area contributed by atoms with Gasteiger partial charge in [0.05, 0.1) is 11.6 Å². The van der Waals surface area contributed by atoms with Crippen LogP contribution in [0.4, 0.5) is 0 Å². The Hall–Kier alpha value is -2.95. The van der Waals surface area contributed by atoms with Gasteiger partial charge in [0.15, 0.2) is 0 Å². The van der Waals surface area contributed by atoms with Crippen molar-refractivity contribution in [1.82, 2.24) is 20.2 Å². The van der Waals surface area contributed by atoms with Crippen LogP contribution in [0.5, 0.6) is 0 Å². The van der Waals surface area contributed by atoms with E-state index in [1.807, 2.05) is 36.7 Å². The maximum atomic E-state index is 11.7. The van der Waals surface area contributed by atoms with Crippen LogP contribution in [0.15, 0.2) is 47.7 Å². The van der Waals surface area contributed by atoms with Crippen LogP contribution in [-0.4, -0.2) is 20.2 Å². The van der Waals surface area contributed by atoms with Crippen LogP contribution in [-0.2, 0) is 0 Å². The van der Waals surface area contributed by atoms with Gasteiger partial charge in [-0.2, -0.15) is 5.10 Å². The number of aromatic amines is 2. The van der Waals surface area contributed by atoms with Crippen molar-refractivity contribution < 1.29 is 0 Å². The second kappa shape index (κ2) is 4.28. The largest absolute Gasteiger partial charge is 0.346 e. The van der Waals surface area contributed by atoms with Crippen molar-refractivity contribution >= 4 is 21.8 Å². The number of benzene rings is 1. The fraction of sp³-hybridized carbons (Fsp3) is 0.0625. The molecule has 0 radical (unpaired) electrons. The first-order valence-electron chi connectivity index (χ1n) is 6.64. The topological polar surface area (TPSA) is 74.4 Å². The van der Waals surface area contributed by atoms with Crippen LogP contribution < -0.4 is 5.56 Å². The minimum Gasteiger partial charge on any atom is -0.346 e. The van der Waals surface area contributed by atoms with E-state index in [1.165, 1.54) is 5.56 Å². The molecule has 0 aliphatic carbocycles. The minimum atomic E-state index is -0.171. The van der Waals surface area contributed by atoms with Gasteiger partial charge in [-0.1, -0.05) is 6.07 Å². The van der Waals surface area contributed by atoms with Crippen molar-refractivity contribution in [2.45, 2.75) is 6.92 Å². The lowest BCUT2D eigenvalue weighted by Crippen LogP contribution is -2.07. The average molecular weight is 276 g/mol. The SMILES string of the molecule is Cc1c(-c2ccc3c(=O)[nH]ncc3c2)cnc2[nH]ccc12. The van der Waals surface area contributed by atoms with Crippen molar-refractivity contribution in [2.75, 3.05) is 0 Å². The molecule has 3 heterocycles. The molecule has 2 N–H and O–H groups in total. The summed E-state index contributed by atoms with van der Waals surface area (Å²) in [5.74, 6) is 0. The number of hydrogen-bond donors (Lipinski definition) is 2. The summed E-state index contributed by atoms with van der Waals surface area (Å²) >= 11 is 0. The van der Waals surface area contributed by atoms with Crippen molar-refractivity contribution in [3.8, 4) is 11.1 Å². The molecular formula is C16H12N4O. The first-order chi connectivity index (χ1) is 10.2. The van der Waals surface area contributed by atoms with Crippen LogP contribution >= 0.6 is 0 Å². The molecule has 0 aliphatic heterocycles. The molecule has 4 aromatic rings. The zero-order valence-electron chi connectivity index (χ0n) is 11.3. The molecule has 0 spiro atoms. The molecular weight excluding hydrogens is 264 g/mol. The first-order valence-corrected chi connectivity index (χ1v) is 6.64. The van der Waals surface area contributed by atoms with Gasteiger partial charge in [0.1, 0.15) is 5.65 Å². The van der Waals surface area contributed by atoms with Gasteiger partial charge in [-0.25, -0.2) is 10.1 Å². The Balaban J connectivity index is 1.99. The van der Waals surface area contributed by atoms with E-state index >= 15 is 0 Å². The van der Waals surface area contributed by atoms with Crippen LogP contribution in [0, 0.1) is 6.92 Å². The van der Waals surface area contributed by atoms with Gasteiger partial charge < -0.3 is 4.98 Å². The maximum absolute atomic E-state index is 11.7. The van der Waals surface area contributed by atoms with E-state index in [0.29, 0.717) is 5.39 Å². The van der Waals surface area contributed by atoms with Gasteiger partial charge in [-0.05, 0) is 36.2 Å². The Bertz CT molecular complexity index is 1030. The fourth-order valence-electron chi connectivity index (χ4n) is 2.70. The van der Waals surface area contributed by atoms with Gasteiger partial charge in [-0.15, -0.1) is 0 Å². The second-order valence-corrected chi connectivity index (χ2v) is 5.04. The van der Waals surface area contributed by atoms with Crippen molar-refractivity contribution in [2.24, 2.45) is 0 Å². The Morgan fingerprint density at radius 2 is 2.00 bits per heavy atom. The number of aryl methyl sites for hydroxylation is 1. The zero-order chi connectivity index (χ0) is 14.4. The van der Waals surface area contributed by atoms with Gasteiger partial charge in [0, 0.05) is 28.7 Å². The second-order valence-electron chi connectivity index (χ2n) is 5.04. The standard InChI is InChI=1S/C16H12N4O/c1-9-12-4-5-17-15(12)18-8-14(9)10-2-3-13-11(6-10)7-19-20-16(13)21/h2-8H,1H3,(H,17,18)(H,20,21). The first kappa shape index (κ1) is 11.8. The molecule has 1 aromatic carbocycles. The van der Waals surface area contributed by atoms with Gasteiger partial charge in [0.2, 0.25) is 0 Å². The molecule has 21 heavy (non-hydrogen) atoms. The average Bonchev–Trinajstić information content (AvgIpc) is 2.97. The monoisotopic (exact) mass is 276 g/mol. The summed E-state index contributed by atoms with van der Waals surface area (Å²) in [6.07, 6.45) is 5.41. The summed E-state index contributed by atoms with van der Waals surface area (Å²) in [7, 11) is 0. The molecule has 0 bridgehead atoms. The third-order valence-corrected chi connectivity index (χ3v) is 3.83. The summed E-state index contributed by atoms with van der Waals surface area (Å²) in [6.45, 7) is 2.08. The van der Waals surface area contributed by atoms with E-state index in [9.17, 15) is 4.79 Å². The van der Waals surface area contributed by atoms with Gasteiger partial charge in [0.25, 0.3) is 5.56 Å². The quantitative estimate of drug-likeness (QED) is 0.561. The number of nitrogens with zero attached hydrogens (tertiary/aromatic N) is 2. The highest BCUT2D eigenvalue weighted by atomic mass is 16.1. The molecule has 0 amide bonds. The smallest absolute Gasteiger partial charge is 0.272 e. The van der Waals surface area contributed by atoms with Crippen molar-refractivity contribution in [3.63, 3.8) is 0 Å². The van der Waals surface area contributed by atoms with E-state index < -0.39 is 0 Å². The molecule has 0 saturated heterocycles. The number of pyridine rings is 1. The Kier molecular flexibility index (Phi) is 2.41. The van der Waals surface area contributed by atoms with E-state index in [2.05, 4.69) is 27.1 Å². The summed E-state index contributed by atoms with van der Waals surface area (Å²) in [5, 5.41) is 8.87. The summed E-state index contributed by atoms with van der Waals surface area (Å²) in [6, 6.07) is 7.76. The number of aromatic nitrogens is 4. The molecule has 3 aromatic heterocycles. The van der Waals surface area contributed by atoms with Crippen molar-refractivity contribution in [3.05, 3.63) is 58.8 Å². The zero-order valence-corrected chi connectivity index (χ0v) is 11.3. The third kappa shape index (κ3) is 1.74. The number of fused-ring (bicyclic) bond motifs is 2. The Morgan fingerprint density at radius 3 is 2.90 bits per heavy atom. The van der Waals surface area contributed by atoms with E-state index in [1.54, 1.807) is 6.20 Å². The third-order valence-electron chi connectivity index (χ3n) is 3.83. The Labute approximate surface area is 119 Å². The molecule has 0 unspecified atom stereocenters. The molecule has 0 fully saturated rings. The Morgan fingerprint density at radius 1 is 1.10 bits per heavy atom. The van der Waals surface area contributed by atoms with Gasteiger partial charge >= 0.3 is 0 Å². The lowest BCUT2D eigenvalue weighted by atomic mass is 9.99. The number of hydrogen-bond acceptors (Lipinski definition) is 3. The van der Waals surface area contributed by atoms with E-state index in [-0.39, 0.29) is 5.56 Å². The highest BCUT2D eigenvalue weighted by Crippen LogP contribution is 2.29. The lowest BCUT2D eigenvalue weighted by molar-refractivity contribution is 1.01. The van der Waals surface area contributed by atoms with Crippen LogP contribution in [0.1, 0.15) is 5.56 Å². The van der Waals surface area contributed by atoms with Crippen LogP contribution in [0.3, 0.4) is 0 Å². The van der Waals surface area contributed by atoms with Crippen LogP contribution in [0.25, 0.3) is 32.9 Å². The van der Waals surface area contributed by atoms with E-state index in [0.717, 1.165) is 27.5 Å². The van der Waals surface area contributed by atoms with Crippen LogP contribution in [0.2, 0.25) is 0 Å². The summed E-state index contributed by atoms with van der Waals surface area (Å²) in [4.78, 5) is 19.2. The highest BCUT2D eigenvalue weighted by molar-refractivity contribution is 5.90. The lowest BCUT2D eigenvalue weighted by Gasteiger charge is -2.07. The van der Waals surface area contributed by atoms with E-state index in [4.69, 9.17) is 0 Å². The molecule has 4 rings (SSSR count). The highest BCUT2D eigenvalue weighted by Gasteiger charge is 2.09. The molecule has 102 valence electrons. The fourth-order valence-corrected chi connectivity index (χ4v) is 2.70. The summed E-state index contributed by atoms with van der Waals surface area (Å²) < 4.78 is 0. The maximum Gasteiger partial charge on any atom is 0.272 e. The molecule has 5 heteroatoms. The predicted molar refractivity (Wildman–Crippen MR) is 82.2 cm³/mol. The summed E-state index contributed by atoms with van der Waals surface area (Å²) in [5.41, 5.74) is 3.97. The predicted octanol–water partition coefficient (Wildman–Crippen LogP) is 2.77. The normalized spacial score (nSPS) is 11.3. The molecule has 0 aliphatic rings. The molecule has 5 nitrogen and oxygen atoms in total. The van der Waals surface area contributed by atoms with Crippen molar-refractivity contribution in [1.29, 1.82) is 0 Å². The number of H-pyrrole nitrogens is 2. The molecule has 0 saturated carbocycles. The molecule has 0 atom stereocenters. The minimum absolute atomic E-state index is 0.171.